The molecule has 1 amide bonds. The summed E-state index contributed by atoms with van der Waals surface area (Å²) in [5.41, 5.74) is 0. The van der Waals surface area contributed by atoms with E-state index in [-0.39, 0.29) is 12.5 Å². The lowest BCUT2D eigenvalue weighted by Crippen LogP contribution is -2.33. The third-order valence-corrected chi connectivity index (χ3v) is 4.48. The van der Waals surface area contributed by atoms with Crippen LogP contribution in [0.25, 0.3) is 0 Å². The highest BCUT2D eigenvalue weighted by molar-refractivity contribution is 5.77. The van der Waals surface area contributed by atoms with Crippen molar-refractivity contribution < 1.29 is 9.53 Å². The molecule has 7 nitrogen and oxygen atoms in total. The lowest BCUT2D eigenvalue weighted by molar-refractivity contribution is -0.135. The Kier molecular flexibility index (Phi) is 5.04. The fraction of sp³-hybridized carbons (Fsp3) is 0.800. The van der Waals surface area contributed by atoms with Gasteiger partial charge in [-0.3, -0.25) is 9.69 Å². The fourth-order valence-electron chi connectivity index (χ4n) is 3.28. The van der Waals surface area contributed by atoms with Crippen molar-refractivity contribution in [1.82, 2.24) is 24.6 Å². The SMILES string of the molecule is COCC(=O)N1CCCn2c(CN3CCCCC3)nnc2C1. The molecule has 7 heteroatoms. The second-order valence-electron chi connectivity index (χ2n) is 6.12. The number of piperidine rings is 1. The molecule has 3 rings (SSSR count). The molecule has 0 spiro atoms. The van der Waals surface area contributed by atoms with Gasteiger partial charge in [0.2, 0.25) is 5.91 Å². The van der Waals surface area contributed by atoms with Gasteiger partial charge in [0.1, 0.15) is 12.4 Å². The highest BCUT2D eigenvalue weighted by Gasteiger charge is 2.23. The zero-order valence-electron chi connectivity index (χ0n) is 13.3. The van der Waals surface area contributed by atoms with Crippen LogP contribution in [0.4, 0.5) is 0 Å². The van der Waals surface area contributed by atoms with E-state index in [0.29, 0.717) is 6.54 Å². The van der Waals surface area contributed by atoms with E-state index in [9.17, 15) is 4.79 Å². The minimum atomic E-state index is 0.0246. The summed E-state index contributed by atoms with van der Waals surface area (Å²) < 4.78 is 7.15. The van der Waals surface area contributed by atoms with Crippen molar-refractivity contribution in [3.05, 3.63) is 11.6 Å². The lowest BCUT2D eigenvalue weighted by atomic mass is 10.1. The van der Waals surface area contributed by atoms with E-state index in [1.165, 1.54) is 19.3 Å². The monoisotopic (exact) mass is 307 g/mol. The standard InChI is InChI=1S/C15H25N5O2/c1-22-12-15(21)19-8-5-9-20-13(16-17-14(20)11-19)10-18-6-3-2-4-7-18/h2-12H2,1H3. The molecule has 2 aliphatic heterocycles. The number of hydrogen-bond donors (Lipinski definition) is 0. The van der Waals surface area contributed by atoms with Crippen LogP contribution in [0.3, 0.4) is 0 Å². The quantitative estimate of drug-likeness (QED) is 0.817. The minimum absolute atomic E-state index is 0.0246. The molecule has 1 aromatic rings. The van der Waals surface area contributed by atoms with Gasteiger partial charge in [-0.2, -0.15) is 0 Å². The van der Waals surface area contributed by atoms with Gasteiger partial charge in [0.25, 0.3) is 0 Å². The molecule has 0 N–H and O–H groups in total. The van der Waals surface area contributed by atoms with Crippen molar-refractivity contribution >= 4 is 5.91 Å². The summed E-state index contributed by atoms with van der Waals surface area (Å²) in [7, 11) is 1.55. The second-order valence-corrected chi connectivity index (χ2v) is 6.12. The Bertz CT molecular complexity index is 510. The van der Waals surface area contributed by atoms with E-state index in [2.05, 4.69) is 19.7 Å². The van der Waals surface area contributed by atoms with Crippen molar-refractivity contribution in [3.8, 4) is 0 Å². The normalized spacial score (nSPS) is 19.8. The van der Waals surface area contributed by atoms with Crippen molar-refractivity contribution in [2.45, 2.75) is 45.3 Å². The number of carbonyl (C=O) groups is 1. The summed E-state index contributed by atoms with van der Waals surface area (Å²) in [6.07, 6.45) is 4.83. The Hall–Kier alpha value is -1.47. The van der Waals surface area contributed by atoms with Gasteiger partial charge >= 0.3 is 0 Å². The van der Waals surface area contributed by atoms with Gasteiger partial charge in [0.05, 0.1) is 13.1 Å². The van der Waals surface area contributed by atoms with Gasteiger partial charge in [-0.25, -0.2) is 0 Å². The maximum atomic E-state index is 12.0. The van der Waals surface area contributed by atoms with Crippen LogP contribution in [0.5, 0.6) is 0 Å². The van der Waals surface area contributed by atoms with E-state index in [4.69, 9.17) is 4.74 Å². The minimum Gasteiger partial charge on any atom is -0.375 e. The highest BCUT2D eigenvalue weighted by atomic mass is 16.5. The van der Waals surface area contributed by atoms with Crippen molar-refractivity contribution in [2.75, 3.05) is 33.4 Å². The van der Waals surface area contributed by atoms with Crippen molar-refractivity contribution in [2.24, 2.45) is 0 Å². The van der Waals surface area contributed by atoms with Gasteiger partial charge in [0.15, 0.2) is 5.82 Å². The summed E-state index contributed by atoms with van der Waals surface area (Å²) in [5.74, 6) is 1.96. The number of amides is 1. The zero-order chi connectivity index (χ0) is 15.4. The Morgan fingerprint density at radius 2 is 1.91 bits per heavy atom. The van der Waals surface area contributed by atoms with Gasteiger partial charge < -0.3 is 14.2 Å². The summed E-state index contributed by atoms with van der Waals surface area (Å²) >= 11 is 0. The van der Waals surface area contributed by atoms with Gasteiger partial charge in [-0.05, 0) is 32.4 Å². The van der Waals surface area contributed by atoms with Crippen LogP contribution in [0, 0.1) is 0 Å². The molecule has 0 atom stereocenters. The molecule has 0 unspecified atom stereocenters. The molecule has 3 heterocycles. The van der Waals surface area contributed by atoms with Crippen LogP contribution < -0.4 is 0 Å². The van der Waals surface area contributed by atoms with E-state index in [1.54, 1.807) is 7.11 Å². The Labute approximate surface area is 131 Å². The van der Waals surface area contributed by atoms with Gasteiger partial charge in [-0.15, -0.1) is 10.2 Å². The average molecular weight is 307 g/mol. The Balaban J connectivity index is 1.68. The first-order chi connectivity index (χ1) is 10.8. The first-order valence-electron chi connectivity index (χ1n) is 8.18. The number of rotatable bonds is 4. The van der Waals surface area contributed by atoms with Crippen LogP contribution >= 0.6 is 0 Å². The number of likely N-dealkylation sites (tertiary alicyclic amines) is 1. The number of carbonyl (C=O) groups excluding carboxylic acids is 1. The number of methoxy groups -OCH3 is 1. The van der Waals surface area contributed by atoms with Crippen LogP contribution in [0.1, 0.15) is 37.3 Å². The molecule has 0 bridgehead atoms. The smallest absolute Gasteiger partial charge is 0.248 e. The van der Waals surface area contributed by atoms with E-state index in [1.807, 2.05) is 4.90 Å². The molecule has 0 saturated carbocycles. The number of aromatic nitrogens is 3. The molecule has 0 aliphatic carbocycles. The first kappa shape index (κ1) is 15.4. The summed E-state index contributed by atoms with van der Waals surface area (Å²) in [6.45, 7) is 5.50. The molecular formula is C15H25N5O2. The van der Waals surface area contributed by atoms with Crippen molar-refractivity contribution in [3.63, 3.8) is 0 Å². The molecule has 2 aliphatic rings. The largest absolute Gasteiger partial charge is 0.375 e. The first-order valence-corrected chi connectivity index (χ1v) is 8.18. The fourth-order valence-corrected chi connectivity index (χ4v) is 3.28. The maximum absolute atomic E-state index is 12.0. The zero-order valence-corrected chi connectivity index (χ0v) is 13.3. The molecular weight excluding hydrogens is 282 g/mol. The van der Waals surface area contributed by atoms with Crippen LogP contribution in [-0.4, -0.2) is 63.8 Å². The number of ether oxygens (including phenoxy) is 1. The molecule has 1 aromatic heterocycles. The number of nitrogens with zero attached hydrogens (tertiary/aromatic N) is 5. The highest BCUT2D eigenvalue weighted by Crippen LogP contribution is 2.16. The third-order valence-electron chi connectivity index (χ3n) is 4.48. The van der Waals surface area contributed by atoms with Gasteiger partial charge in [0, 0.05) is 20.2 Å². The number of hydrogen-bond acceptors (Lipinski definition) is 5. The average Bonchev–Trinajstić information content (AvgIpc) is 2.78. The second kappa shape index (κ2) is 7.19. The molecule has 0 aromatic carbocycles. The van der Waals surface area contributed by atoms with Crippen LogP contribution in [0.15, 0.2) is 0 Å². The molecule has 1 fully saturated rings. The van der Waals surface area contributed by atoms with Gasteiger partial charge in [-0.1, -0.05) is 6.42 Å². The summed E-state index contributed by atoms with van der Waals surface area (Å²) in [5, 5.41) is 8.70. The van der Waals surface area contributed by atoms with Crippen LogP contribution in [-0.2, 0) is 29.2 Å². The molecule has 0 radical (unpaired) electrons. The summed E-state index contributed by atoms with van der Waals surface area (Å²) in [4.78, 5) is 16.3. The predicted molar refractivity (Wildman–Crippen MR) is 81.1 cm³/mol. The van der Waals surface area contributed by atoms with E-state index < -0.39 is 0 Å². The lowest BCUT2D eigenvalue weighted by Gasteiger charge is -2.25. The third kappa shape index (κ3) is 3.47. The Morgan fingerprint density at radius 3 is 2.68 bits per heavy atom. The van der Waals surface area contributed by atoms with E-state index >= 15 is 0 Å². The predicted octanol–water partition coefficient (Wildman–Crippen LogP) is 0.643. The van der Waals surface area contributed by atoms with Crippen LogP contribution in [0.2, 0.25) is 0 Å². The maximum Gasteiger partial charge on any atom is 0.248 e. The Morgan fingerprint density at radius 1 is 1.09 bits per heavy atom. The topological polar surface area (TPSA) is 63.5 Å². The molecule has 122 valence electrons. The summed E-state index contributed by atoms with van der Waals surface area (Å²) in [6, 6.07) is 0. The molecule has 22 heavy (non-hydrogen) atoms. The van der Waals surface area contributed by atoms with Crippen molar-refractivity contribution in [1.29, 1.82) is 0 Å². The molecule has 1 saturated heterocycles. The number of fused-ring (bicyclic) bond motifs is 1. The van der Waals surface area contributed by atoms with E-state index in [0.717, 1.165) is 50.8 Å².